The molecule has 2 aliphatic rings. The molecule has 0 N–H and O–H groups in total. The Balaban J connectivity index is 1.29. The van der Waals surface area contributed by atoms with Crippen molar-refractivity contribution >= 4 is 29.0 Å². The molecule has 2 saturated heterocycles. The Kier molecular flexibility index (Phi) is 5.67. The third-order valence-electron chi connectivity index (χ3n) is 5.66. The minimum absolute atomic E-state index is 0.0589. The van der Waals surface area contributed by atoms with E-state index in [0.717, 1.165) is 31.7 Å². The molecule has 1 aromatic carbocycles. The number of rotatable bonds is 3. The molecule has 3 heterocycles. The van der Waals surface area contributed by atoms with Crippen LogP contribution in [0.3, 0.4) is 0 Å². The number of para-hydroxylation sites is 1. The van der Waals surface area contributed by atoms with E-state index >= 15 is 0 Å². The Hall–Kier alpha value is -2.34. The monoisotopic (exact) mass is 402 g/mol. The van der Waals surface area contributed by atoms with E-state index in [2.05, 4.69) is 9.88 Å². The highest BCUT2D eigenvalue weighted by atomic mass is 35.5. The van der Waals surface area contributed by atoms with Crippen LogP contribution in [0.5, 0.6) is 0 Å². The maximum Gasteiger partial charge on any atom is 0.225 e. The van der Waals surface area contributed by atoms with Gasteiger partial charge in [0, 0.05) is 51.4 Å². The van der Waals surface area contributed by atoms with E-state index in [0.29, 0.717) is 36.9 Å². The quantitative estimate of drug-likeness (QED) is 0.788. The molecule has 0 unspecified atom stereocenters. The molecule has 7 heteroatoms. The molecule has 0 saturated carbocycles. The third-order valence-corrected chi connectivity index (χ3v) is 5.89. The first-order valence-corrected chi connectivity index (χ1v) is 10.1. The largest absolute Gasteiger partial charge is 0.366 e. The minimum atomic E-state index is -0.203. The standard InChI is InChI=1S/C21H24ClFN4O/c22-17-5-6-20(24-15-17)26-9-7-16(8-10-26)21(28)27-13-11-25(12-14-27)19-4-2-1-3-18(19)23/h1-6,15-16H,7-14H2. The zero-order valence-electron chi connectivity index (χ0n) is 15.7. The number of hydrogen-bond acceptors (Lipinski definition) is 4. The van der Waals surface area contributed by atoms with Gasteiger partial charge >= 0.3 is 0 Å². The van der Waals surface area contributed by atoms with Crippen LogP contribution in [0.4, 0.5) is 15.9 Å². The second-order valence-corrected chi connectivity index (χ2v) is 7.80. The molecule has 5 nitrogen and oxygen atoms in total. The van der Waals surface area contributed by atoms with Gasteiger partial charge < -0.3 is 14.7 Å². The molecule has 28 heavy (non-hydrogen) atoms. The van der Waals surface area contributed by atoms with Gasteiger partial charge in [-0.25, -0.2) is 9.37 Å². The van der Waals surface area contributed by atoms with Crippen LogP contribution in [0.15, 0.2) is 42.6 Å². The number of aromatic nitrogens is 1. The molecule has 2 fully saturated rings. The van der Waals surface area contributed by atoms with Crippen LogP contribution in [-0.4, -0.2) is 55.1 Å². The van der Waals surface area contributed by atoms with E-state index in [-0.39, 0.29) is 17.6 Å². The van der Waals surface area contributed by atoms with Crippen molar-refractivity contribution in [3.8, 4) is 0 Å². The summed E-state index contributed by atoms with van der Waals surface area (Å²) in [6.07, 6.45) is 3.32. The zero-order chi connectivity index (χ0) is 19.5. The van der Waals surface area contributed by atoms with E-state index in [4.69, 9.17) is 11.6 Å². The number of carbonyl (C=O) groups excluding carboxylic acids is 1. The maximum atomic E-state index is 14.0. The number of amides is 1. The number of hydrogen-bond donors (Lipinski definition) is 0. The summed E-state index contributed by atoms with van der Waals surface area (Å²) in [7, 11) is 0. The molecule has 4 rings (SSSR count). The first-order chi connectivity index (χ1) is 13.6. The van der Waals surface area contributed by atoms with E-state index < -0.39 is 0 Å². The van der Waals surface area contributed by atoms with Crippen LogP contribution in [0.2, 0.25) is 5.02 Å². The van der Waals surface area contributed by atoms with Crippen molar-refractivity contribution in [1.82, 2.24) is 9.88 Å². The Morgan fingerprint density at radius 2 is 1.68 bits per heavy atom. The van der Waals surface area contributed by atoms with Gasteiger partial charge in [0.05, 0.1) is 10.7 Å². The van der Waals surface area contributed by atoms with Crippen molar-refractivity contribution in [2.75, 3.05) is 49.1 Å². The van der Waals surface area contributed by atoms with Crippen LogP contribution < -0.4 is 9.80 Å². The highest BCUT2D eigenvalue weighted by molar-refractivity contribution is 6.30. The summed E-state index contributed by atoms with van der Waals surface area (Å²) in [4.78, 5) is 23.5. The lowest BCUT2D eigenvalue weighted by Gasteiger charge is -2.39. The first kappa shape index (κ1) is 19.0. The Morgan fingerprint density at radius 3 is 2.32 bits per heavy atom. The number of piperazine rings is 1. The molecule has 0 bridgehead atoms. The van der Waals surface area contributed by atoms with Crippen LogP contribution in [-0.2, 0) is 4.79 Å². The summed E-state index contributed by atoms with van der Waals surface area (Å²) >= 11 is 5.90. The summed E-state index contributed by atoms with van der Waals surface area (Å²) in [6, 6.07) is 10.6. The maximum absolute atomic E-state index is 14.0. The predicted octanol–water partition coefficient (Wildman–Crippen LogP) is 3.44. The Bertz CT molecular complexity index is 815. The van der Waals surface area contributed by atoms with Crippen LogP contribution in [0.25, 0.3) is 0 Å². The number of pyridine rings is 1. The number of carbonyl (C=O) groups is 1. The van der Waals surface area contributed by atoms with Crippen molar-refractivity contribution in [2.45, 2.75) is 12.8 Å². The number of benzene rings is 1. The summed E-state index contributed by atoms with van der Waals surface area (Å²) in [6.45, 7) is 4.26. The van der Waals surface area contributed by atoms with Crippen LogP contribution >= 0.6 is 11.6 Å². The van der Waals surface area contributed by atoms with Crippen molar-refractivity contribution < 1.29 is 9.18 Å². The first-order valence-electron chi connectivity index (χ1n) is 9.76. The number of anilines is 2. The van der Waals surface area contributed by atoms with Crippen molar-refractivity contribution in [3.05, 3.63) is 53.4 Å². The van der Waals surface area contributed by atoms with Gasteiger partial charge in [0.2, 0.25) is 5.91 Å². The molecule has 0 atom stereocenters. The minimum Gasteiger partial charge on any atom is -0.366 e. The number of halogens is 2. The lowest BCUT2D eigenvalue weighted by Crippen LogP contribution is -2.52. The van der Waals surface area contributed by atoms with Gasteiger partial charge in [-0.2, -0.15) is 0 Å². The van der Waals surface area contributed by atoms with Gasteiger partial charge in [0.15, 0.2) is 0 Å². The summed E-state index contributed by atoms with van der Waals surface area (Å²) in [5, 5.41) is 0.628. The van der Waals surface area contributed by atoms with Crippen LogP contribution in [0, 0.1) is 11.7 Å². The average molecular weight is 403 g/mol. The van der Waals surface area contributed by atoms with Crippen LogP contribution in [0.1, 0.15) is 12.8 Å². The molecule has 2 aliphatic heterocycles. The molecule has 148 valence electrons. The molecular formula is C21H24ClFN4O. The topological polar surface area (TPSA) is 39.7 Å². The van der Waals surface area contributed by atoms with Crippen molar-refractivity contribution in [1.29, 1.82) is 0 Å². The summed E-state index contributed by atoms with van der Waals surface area (Å²) in [5.74, 6) is 1.000. The van der Waals surface area contributed by atoms with Gasteiger partial charge in [0.1, 0.15) is 11.6 Å². The van der Waals surface area contributed by atoms with Gasteiger partial charge in [-0.05, 0) is 37.1 Å². The highest BCUT2D eigenvalue weighted by Crippen LogP contribution is 2.26. The zero-order valence-corrected chi connectivity index (χ0v) is 16.5. The molecule has 1 aromatic heterocycles. The molecule has 2 aromatic rings. The second-order valence-electron chi connectivity index (χ2n) is 7.36. The van der Waals surface area contributed by atoms with Gasteiger partial charge in [-0.3, -0.25) is 4.79 Å². The fourth-order valence-corrected chi connectivity index (χ4v) is 4.16. The fourth-order valence-electron chi connectivity index (χ4n) is 4.04. The smallest absolute Gasteiger partial charge is 0.225 e. The Labute approximate surface area is 169 Å². The average Bonchev–Trinajstić information content (AvgIpc) is 2.74. The molecule has 0 spiro atoms. The Morgan fingerprint density at radius 1 is 0.964 bits per heavy atom. The molecule has 1 amide bonds. The normalized spacial score (nSPS) is 18.4. The van der Waals surface area contributed by atoms with Gasteiger partial charge in [-0.15, -0.1) is 0 Å². The van der Waals surface area contributed by atoms with Gasteiger partial charge in [0.25, 0.3) is 0 Å². The van der Waals surface area contributed by atoms with E-state index in [9.17, 15) is 9.18 Å². The predicted molar refractivity (Wildman–Crippen MR) is 109 cm³/mol. The molecule has 0 aliphatic carbocycles. The van der Waals surface area contributed by atoms with E-state index in [1.807, 2.05) is 28.0 Å². The van der Waals surface area contributed by atoms with Gasteiger partial charge in [-0.1, -0.05) is 23.7 Å². The van der Waals surface area contributed by atoms with Crippen molar-refractivity contribution in [3.63, 3.8) is 0 Å². The number of nitrogens with zero attached hydrogens (tertiary/aromatic N) is 4. The lowest BCUT2D eigenvalue weighted by molar-refractivity contribution is -0.136. The van der Waals surface area contributed by atoms with E-state index in [1.165, 1.54) is 6.07 Å². The summed E-state index contributed by atoms with van der Waals surface area (Å²) < 4.78 is 14.0. The van der Waals surface area contributed by atoms with E-state index in [1.54, 1.807) is 18.3 Å². The lowest BCUT2D eigenvalue weighted by atomic mass is 9.95. The molecule has 0 radical (unpaired) electrons. The highest BCUT2D eigenvalue weighted by Gasteiger charge is 2.31. The summed E-state index contributed by atoms with van der Waals surface area (Å²) in [5.41, 5.74) is 0.623. The molecular weight excluding hydrogens is 379 g/mol. The number of piperidine rings is 1. The second kappa shape index (κ2) is 8.35. The van der Waals surface area contributed by atoms with Crippen molar-refractivity contribution in [2.24, 2.45) is 5.92 Å². The fraction of sp³-hybridized carbons (Fsp3) is 0.429. The third kappa shape index (κ3) is 4.07. The SMILES string of the molecule is O=C(C1CCN(c2ccc(Cl)cn2)CC1)N1CCN(c2ccccc2F)CC1.